The van der Waals surface area contributed by atoms with Gasteiger partial charge in [-0.15, -0.1) is 11.3 Å². The van der Waals surface area contributed by atoms with Gasteiger partial charge in [-0.3, -0.25) is 4.79 Å². The van der Waals surface area contributed by atoms with Crippen LogP contribution in [0.1, 0.15) is 38.1 Å². The zero-order chi connectivity index (χ0) is 21.1. The Labute approximate surface area is 175 Å². The molecule has 1 aliphatic heterocycles. The third-order valence-corrected chi connectivity index (χ3v) is 5.84. The number of esters is 1. The third kappa shape index (κ3) is 4.20. The lowest BCUT2D eigenvalue weighted by molar-refractivity contribution is 0.0600. The fraction of sp³-hybridized carbons (Fsp3) is 0.316. The van der Waals surface area contributed by atoms with Crippen LogP contribution in [0.3, 0.4) is 0 Å². The molecule has 0 saturated heterocycles. The van der Waals surface area contributed by atoms with E-state index in [1.54, 1.807) is 6.92 Å². The monoisotopic (exact) mass is 440 g/mol. The quantitative estimate of drug-likeness (QED) is 0.723. The van der Waals surface area contributed by atoms with Crippen LogP contribution in [0.15, 0.2) is 18.2 Å². The number of halogens is 2. The highest BCUT2D eigenvalue weighted by molar-refractivity contribution is 7.17. The number of nitrogens with zero attached hydrogens (tertiary/aromatic N) is 1. The van der Waals surface area contributed by atoms with E-state index >= 15 is 0 Å². The Morgan fingerprint density at radius 2 is 2.07 bits per heavy atom. The van der Waals surface area contributed by atoms with Gasteiger partial charge in [-0.2, -0.15) is 0 Å². The summed E-state index contributed by atoms with van der Waals surface area (Å²) in [4.78, 5) is 39.2. The van der Waals surface area contributed by atoms with Gasteiger partial charge in [0.1, 0.15) is 10.8 Å². The fourth-order valence-electron chi connectivity index (χ4n) is 3.06. The van der Waals surface area contributed by atoms with Crippen LogP contribution in [0.5, 0.6) is 0 Å². The highest BCUT2D eigenvalue weighted by atomic mass is 35.5. The van der Waals surface area contributed by atoms with E-state index in [2.05, 4.69) is 5.32 Å². The lowest BCUT2D eigenvalue weighted by Crippen LogP contribution is -2.36. The van der Waals surface area contributed by atoms with Gasteiger partial charge in [0.25, 0.3) is 5.91 Å². The van der Waals surface area contributed by atoms with Crippen molar-refractivity contribution >= 4 is 45.9 Å². The predicted molar refractivity (Wildman–Crippen MR) is 106 cm³/mol. The van der Waals surface area contributed by atoms with Crippen LogP contribution < -0.4 is 5.32 Å². The van der Waals surface area contributed by atoms with Crippen LogP contribution in [-0.2, 0) is 22.4 Å². The topological polar surface area (TPSA) is 84.9 Å². The van der Waals surface area contributed by atoms with Crippen molar-refractivity contribution < 1.29 is 28.2 Å². The molecule has 0 saturated carbocycles. The number of carbonyl (C=O) groups is 3. The summed E-state index contributed by atoms with van der Waals surface area (Å²) >= 11 is 7.09. The number of benzene rings is 1. The van der Waals surface area contributed by atoms with E-state index in [-0.39, 0.29) is 34.3 Å². The minimum atomic E-state index is -0.779. The summed E-state index contributed by atoms with van der Waals surface area (Å²) in [6.07, 6.45) is -0.0549. The van der Waals surface area contributed by atoms with E-state index in [9.17, 15) is 18.8 Å². The van der Waals surface area contributed by atoms with Crippen molar-refractivity contribution in [2.75, 3.05) is 25.6 Å². The zero-order valence-corrected chi connectivity index (χ0v) is 17.3. The predicted octanol–water partition coefficient (Wildman–Crippen LogP) is 4.09. The van der Waals surface area contributed by atoms with Crippen molar-refractivity contribution in [3.63, 3.8) is 0 Å². The number of hydrogen-bond acceptors (Lipinski definition) is 6. The molecule has 0 aliphatic carbocycles. The SMILES string of the molecule is CCOC(=O)N1CCc2c(sc(NC(=O)c3c(F)cccc3Cl)c2C(=O)OC)C1. The van der Waals surface area contributed by atoms with E-state index in [0.717, 1.165) is 22.3 Å². The van der Waals surface area contributed by atoms with Gasteiger partial charge in [-0.1, -0.05) is 17.7 Å². The first-order valence-electron chi connectivity index (χ1n) is 8.77. The number of methoxy groups -OCH3 is 1. The van der Waals surface area contributed by atoms with Crippen molar-refractivity contribution in [2.24, 2.45) is 0 Å². The first-order valence-corrected chi connectivity index (χ1v) is 9.96. The molecule has 0 unspecified atom stereocenters. The molecule has 3 rings (SSSR count). The highest BCUT2D eigenvalue weighted by Gasteiger charge is 2.31. The molecular weight excluding hydrogens is 423 g/mol. The average Bonchev–Trinajstić information content (AvgIpc) is 3.04. The van der Waals surface area contributed by atoms with Gasteiger partial charge in [0.05, 0.1) is 36.4 Å². The molecule has 2 amide bonds. The number of thiophene rings is 1. The molecule has 1 aliphatic rings. The summed E-state index contributed by atoms with van der Waals surface area (Å²) in [6.45, 7) is 2.57. The number of rotatable bonds is 4. The number of amides is 2. The molecule has 1 aromatic carbocycles. The zero-order valence-electron chi connectivity index (χ0n) is 15.7. The molecule has 0 bridgehead atoms. The Hall–Kier alpha value is -2.65. The fourth-order valence-corrected chi connectivity index (χ4v) is 4.56. The van der Waals surface area contributed by atoms with Gasteiger partial charge in [0.15, 0.2) is 0 Å². The van der Waals surface area contributed by atoms with Gasteiger partial charge < -0.3 is 19.7 Å². The molecule has 7 nitrogen and oxygen atoms in total. The molecule has 0 radical (unpaired) electrons. The summed E-state index contributed by atoms with van der Waals surface area (Å²) in [5.74, 6) is -2.18. The molecule has 2 aromatic rings. The number of fused-ring (bicyclic) bond motifs is 1. The number of nitrogens with one attached hydrogen (secondary N) is 1. The van der Waals surface area contributed by atoms with E-state index in [4.69, 9.17) is 21.1 Å². The van der Waals surface area contributed by atoms with Crippen LogP contribution in [0.25, 0.3) is 0 Å². The van der Waals surface area contributed by atoms with Crippen LogP contribution in [-0.4, -0.2) is 43.1 Å². The van der Waals surface area contributed by atoms with Crippen molar-refractivity contribution in [1.29, 1.82) is 0 Å². The second kappa shape index (κ2) is 8.79. The van der Waals surface area contributed by atoms with Gasteiger partial charge in [-0.25, -0.2) is 14.0 Å². The lowest BCUT2D eigenvalue weighted by atomic mass is 10.0. The number of hydrogen-bond donors (Lipinski definition) is 1. The van der Waals surface area contributed by atoms with Gasteiger partial charge in [0, 0.05) is 11.4 Å². The normalized spacial score (nSPS) is 12.9. The first-order chi connectivity index (χ1) is 13.9. The Kier molecular flexibility index (Phi) is 6.39. The summed E-state index contributed by atoms with van der Waals surface area (Å²) < 4.78 is 24.0. The number of carbonyl (C=O) groups excluding carboxylic acids is 3. The van der Waals surface area contributed by atoms with E-state index in [1.165, 1.54) is 24.1 Å². The van der Waals surface area contributed by atoms with Gasteiger partial charge >= 0.3 is 12.1 Å². The van der Waals surface area contributed by atoms with Crippen molar-refractivity contribution in [3.8, 4) is 0 Å². The number of anilines is 1. The summed E-state index contributed by atoms with van der Waals surface area (Å²) in [6, 6.07) is 3.91. The van der Waals surface area contributed by atoms with E-state index in [1.807, 2.05) is 0 Å². The molecule has 29 heavy (non-hydrogen) atoms. The average molecular weight is 441 g/mol. The molecule has 1 N–H and O–H groups in total. The Morgan fingerprint density at radius 1 is 1.31 bits per heavy atom. The maximum Gasteiger partial charge on any atom is 0.410 e. The maximum atomic E-state index is 14.1. The summed E-state index contributed by atoms with van der Waals surface area (Å²) in [5.41, 5.74) is 0.582. The first kappa shape index (κ1) is 21.1. The second-order valence-corrected chi connectivity index (χ2v) is 7.63. The molecule has 2 heterocycles. The third-order valence-electron chi connectivity index (χ3n) is 4.39. The van der Waals surface area contributed by atoms with Crippen molar-refractivity contribution in [2.45, 2.75) is 19.9 Å². The van der Waals surface area contributed by atoms with Crippen LogP contribution in [0.2, 0.25) is 5.02 Å². The molecule has 10 heteroatoms. The molecule has 1 aromatic heterocycles. The number of ether oxygens (including phenoxy) is 2. The molecule has 154 valence electrons. The Bertz CT molecular complexity index is 957. The van der Waals surface area contributed by atoms with Gasteiger partial charge in [0.2, 0.25) is 0 Å². The summed E-state index contributed by atoms with van der Waals surface area (Å²) in [5, 5.41) is 2.74. The van der Waals surface area contributed by atoms with Crippen LogP contribution >= 0.6 is 22.9 Å². The highest BCUT2D eigenvalue weighted by Crippen LogP contribution is 2.38. The summed E-state index contributed by atoms with van der Waals surface area (Å²) in [7, 11) is 1.24. The standard InChI is InChI=1S/C19H18ClFN2O5S/c1-3-28-19(26)23-8-7-10-13(9-23)29-17(14(10)18(25)27-2)22-16(24)15-11(20)5-4-6-12(15)21/h4-6H,3,7-9H2,1-2H3,(H,22,24). The van der Waals surface area contributed by atoms with Crippen molar-refractivity contribution in [3.05, 3.63) is 50.6 Å². The lowest BCUT2D eigenvalue weighted by Gasteiger charge is -2.26. The smallest absolute Gasteiger partial charge is 0.410 e. The van der Waals surface area contributed by atoms with Crippen molar-refractivity contribution in [1.82, 2.24) is 4.90 Å². The van der Waals surface area contributed by atoms with Crippen LogP contribution in [0.4, 0.5) is 14.2 Å². The Balaban J connectivity index is 1.94. The molecule has 0 fully saturated rings. The largest absolute Gasteiger partial charge is 0.465 e. The Morgan fingerprint density at radius 3 is 2.72 bits per heavy atom. The maximum absolute atomic E-state index is 14.1. The second-order valence-electron chi connectivity index (χ2n) is 6.12. The van der Waals surface area contributed by atoms with E-state index in [0.29, 0.717) is 18.5 Å². The van der Waals surface area contributed by atoms with Gasteiger partial charge in [-0.05, 0) is 31.0 Å². The minimum Gasteiger partial charge on any atom is -0.465 e. The van der Waals surface area contributed by atoms with E-state index < -0.39 is 23.8 Å². The molecular formula is C19H18ClFN2O5S. The minimum absolute atomic E-state index is 0.0445. The molecule has 0 spiro atoms. The molecule has 0 atom stereocenters. The van der Waals surface area contributed by atoms with Crippen LogP contribution in [0, 0.1) is 5.82 Å².